The molecule has 9 nitrogen and oxygen atoms in total. The molecule has 2 saturated heterocycles. The monoisotopic (exact) mass is 627 g/mol. The van der Waals surface area contributed by atoms with Crippen LogP contribution in [0.15, 0.2) is 29.4 Å². The average molecular weight is 628 g/mol. The van der Waals surface area contributed by atoms with Gasteiger partial charge in [0, 0.05) is 24.2 Å². The number of hydrogen-bond acceptors (Lipinski definition) is 7. The Hall–Kier alpha value is -2.90. The summed E-state index contributed by atoms with van der Waals surface area (Å²) >= 11 is 1.31. The smallest absolute Gasteiger partial charge is 0.416 e. The first-order valence-electron chi connectivity index (χ1n) is 14.3. The minimum Gasteiger partial charge on any atom is -0.491 e. The van der Waals surface area contributed by atoms with E-state index in [9.17, 15) is 22.8 Å². The molecule has 0 aliphatic carbocycles. The molecule has 0 bridgehead atoms. The molecule has 1 aromatic heterocycles. The minimum atomic E-state index is -4.68. The van der Waals surface area contributed by atoms with Crippen LogP contribution in [0.5, 0.6) is 5.75 Å². The fraction of sp³-hybridized carbons (Fsp3) is 0.633. The van der Waals surface area contributed by atoms with E-state index in [2.05, 4.69) is 4.99 Å². The zero-order chi connectivity index (χ0) is 31.6. The maximum absolute atomic E-state index is 13.7. The number of halogens is 3. The molecule has 13 heteroatoms. The summed E-state index contributed by atoms with van der Waals surface area (Å²) in [5, 5.41) is 0. The first-order valence-corrected chi connectivity index (χ1v) is 15.2. The normalized spacial score (nSPS) is 20.4. The summed E-state index contributed by atoms with van der Waals surface area (Å²) in [5.41, 5.74) is -2.27. The second-order valence-electron chi connectivity index (χ2n) is 12.8. The van der Waals surface area contributed by atoms with E-state index in [1.54, 1.807) is 20.8 Å². The van der Waals surface area contributed by atoms with E-state index in [0.29, 0.717) is 24.6 Å². The van der Waals surface area contributed by atoms with Gasteiger partial charge in [-0.15, -0.1) is 11.3 Å². The van der Waals surface area contributed by atoms with Gasteiger partial charge >= 0.3 is 12.3 Å². The topological polar surface area (TPSA) is 91.6 Å². The molecule has 0 unspecified atom stereocenters. The van der Waals surface area contributed by atoms with Crippen LogP contribution in [0.2, 0.25) is 0 Å². The molecular weight excluding hydrogens is 587 g/mol. The third-order valence-electron chi connectivity index (χ3n) is 6.90. The number of benzene rings is 1. The van der Waals surface area contributed by atoms with Crippen LogP contribution in [-0.2, 0) is 32.3 Å². The standard InChI is InChI=1S/C30H40F3N3O6S/c1-28(2,3)24-16-35(15-21-8-7-12-40-21)26(43-24)34-25(37)22-14-19(30(31,32)33)9-10-23(22)41-18-20-17-39-13-11-36(20)27(38)42-29(4,5)6/h9-10,14,16,20-21H,7-8,11-13,15,17-18H2,1-6H3/t20-,21+/m0/s1. The molecule has 3 heterocycles. The molecule has 1 aromatic carbocycles. The minimum absolute atomic E-state index is 0.0328. The lowest BCUT2D eigenvalue weighted by Crippen LogP contribution is -2.52. The highest BCUT2D eigenvalue weighted by Crippen LogP contribution is 2.33. The summed E-state index contributed by atoms with van der Waals surface area (Å²) in [7, 11) is 0. The molecule has 2 fully saturated rings. The number of thiazole rings is 1. The molecule has 2 amide bonds. The molecular formula is C30H40F3N3O6S. The van der Waals surface area contributed by atoms with Crippen LogP contribution in [0.25, 0.3) is 0 Å². The van der Waals surface area contributed by atoms with Gasteiger partial charge in [-0.1, -0.05) is 20.8 Å². The van der Waals surface area contributed by atoms with Crippen LogP contribution in [0.4, 0.5) is 18.0 Å². The van der Waals surface area contributed by atoms with Crippen molar-refractivity contribution in [3.63, 3.8) is 0 Å². The maximum Gasteiger partial charge on any atom is 0.416 e. The Morgan fingerprint density at radius 2 is 1.86 bits per heavy atom. The Labute approximate surface area is 253 Å². The number of carbonyl (C=O) groups is 2. The lowest BCUT2D eigenvalue weighted by Gasteiger charge is -2.36. The zero-order valence-corrected chi connectivity index (χ0v) is 26.3. The van der Waals surface area contributed by atoms with Gasteiger partial charge in [0.1, 0.15) is 18.0 Å². The fourth-order valence-electron chi connectivity index (χ4n) is 4.64. The van der Waals surface area contributed by atoms with E-state index >= 15 is 0 Å². The van der Waals surface area contributed by atoms with Crippen molar-refractivity contribution in [2.75, 3.05) is 33.0 Å². The first kappa shape index (κ1) is 33.0. The fourth-order valence-corrected chi connectivity index (χ4v) is 5.69. The number of morpholine rings is 1. The number of ether oxygens (including phenoxy) is 4. The lowest BCUT2D eigenvalue weighted by molar-refractivity contribution is -0.137. The predicted octanol–water partition coefficient (Wildman–Crippen LogP) is 5.80. The largest absolute Gasteiger partial charge is 0.491 e. The number of amides is 2. The van der Waals surface area contributed by atoms with E-state index in [1.807, 2.05) is 31.5 Å². The molecule has 2 aliphatic rings. The number of rotatable bonds is 6. The van der Waals surface area contributed by atoms with Crippen LogP contribution in [0.1, 0.15) is 75.2 Å². The Kier molecular flexibility index (Phi) is 9.97. The molecule has 2 atom stereocenters. The SMILES string of the molecule is CC(C)(C)OC(=O)N1CCOC[C@H]1COc1ccc(C(F)(F)F)cc1C(=O)N=c1sc(C(C)(C)C)cn1C[C@H]1CCCO1. The van der Waals surface area contributed by atoms with Gasteiger partial charge in [-0.05, 0) is 57.2 Å². The van der Waals surface area contributed by atoms with Gasteiger partial charge in [0.15, 0.2) is 4.80 Å². The number of nitrogens with zero attached hydrogens (tertiary/aromatic N) is 3. The molecule has 0 N–H and O–H groups in total. The number of aromatic nitrogens is 1. The number of alkyl halides is 3. The van der Waals surface area contributed by atoms with Gasteiger partial charge in [-0.25, -0.2) is 4.79 Å². The lowest BCUT2D eigenvalue weighted by atomic mass is 9.95. The summed E-state index contributed by atoms with van der Waals surface area (Å²) in [5.74, 6) is -0.942. The molecule has 0 saturated carbocycles. The number of hydrogen-bond donors (Lipinski definition) is 0. The highest BCUT2D eigenvalue weighted by atomic mass is 32.1. The van der Waals surface area contributed by atoms with Crippen molar-refractivity contribution < 1.29 is 41.7 Å². The van der Waals surface area contributed by atoms with Gasteiger partial charge < -0.3 is 23.5 Å². The molecule has 4 rings (SSSR count). The second-order valence-corrected chi connectivity index (χ2v) is 13.8. The van der Waals surface area contributed by atoms with Crippen molar-refractivity contribution in [3.8, 4) is 5.75 Å². The Morgan fingerprint density at radius 1 is 1.12 bits per heavy atom. The van der Waals surface area contributed by atoms with E-state index in [0.717, 1.165) is 35.9 Å². The zero-order valence-electron chi connectivity index (χ0n) is 25.5. The van der Waals surface area contributed by atoms with Gasteiger partial charge in [0.2, 0.25) is 0 Å². The van der Waals surface area contributed by atoms with Crippen molar-refractivity contribution in [2.24, 2.45) is 4.99 Å². The van der Waals surface area contributed by atoms with Crippen LogP contribution >= 0.6 is 11.3 Å². The van der Waals surface area contributed by atoms with Crippen LogP contribution in [-0.4, -0.2) is 72.2 Å². The van der Waals surface area contributed by atoms with Gasteiger partial charge in [-0.2, -0.15) is 18.2 Å². The van der Waals surface area contributed by atoms with E-state index < -0.39 is 35.4 Å². The summed E-state index contributed by atoms with van der Waals surface area (Å²) in [6, 6.07) is 2.15. The molecule has 2 aliphatic heterocycles. The second kappa shape index (κ2) is 13.0. The van der Waals surface area contributed by atoms with E-state index in [4.69, 9.17) is 18.9 Å². The number of carbonyl (C=O) groups excluding carboxylic acids is 2. The summed E-state index contributed by atoms with van der Waals surface area (Å²) < 4.78 is 65.6. The molecule has 238 valence electrons. The molecule has 0 spiro atoms. The molecule has 0 radical (unpaired) electrons. The van der Waals surface area contributed by atoms with Gasteiger partial charge in [0.05, 0.1) is 43.0 Å². The van der Waals surface area contributed by atoms with Crippen molar-refractivity contribution in [3.05, 3.63) is 45.2 Å². The summed E-state index contributed by atoms with van der Waals surface area (Å²) in [4.78, 5) is 33.5. The highest BCUT2D eigenvalue weighted by Gasteiger charge is 2.34. The predicted molar refractivity (Wildman–Crippen MR) is 154 cm³/mol. The van der Waals surface area contributed by atoms with Crippen molar-refractivity contribution >= 4 is 23.3 Å². The Morgan fingerprint density at radius 3 is 2.49 bits per heavy atom. The molecule has 2 aromatic rings. The van der Waals surface area contributed by atoms with Gasteiger partial charge in [0.25, 0.3) is 5.91 Å². The van der Waals surface area contributed by atoms with Crippen LogP contribution in [0.3, 0.4) is 0 Å². The third kappa shape index (κ3) is 8.82. The third-order valence-corrected chi connectivity index (χ3v) is 8.35. The Balaban J connectivity index is 1.65. The van der Waals surface area contributed by atoms with E-state index in [1.165, 1.54) is 16.2 Å². The average Bonchev–Trinajstić information content (AvgIpc) is 3.56. The summed E-state index contributed by atoms with van der Waals surface area (Å²) in [6.45, 7) is 13.1. The maximum atomic E-state index is 13.7. The van der Waals surface area contributed by atoms with Gasteiger partial charge in [-0.3, -0.25) is 9.69 Å². The Bertz CT molecular complexity index is 1370. The highest BCUT2D eigenvalue weighted by molar-refractivity contribution is 7.09. The van der Waals surface area contributed by atoms with Crippen molar-refractivity contribution in [2.45, 2.75) is 90.3 Å². The van der Waals surface area contributed by atoms with Crippen LogP contribution in [0, 0.1) is 0 Å². The van der Waals surface area contributed by atoms with E-state index in [-0.39, 0.29) is 42.6 Å². The first-order chi connectivity index (χ1) is 20.0. The van der Waals surface area contributed by atoms with Crippen molar-refractivity contribution in [1.29, 1.82) is 0 Å². The quantitative estimate of drug-likeness (QED) is 0.402. The summed E-state index contributed by atoms with van der Waals surface area (Å²) in [6.07, 6.45) is -1.52. The van der Waals surface area contributed by atoms with Crippen LogP contribution < -0.4 is 9.54 Å². The molecule has 43 heavy (non-hydrogen) atoms. The van der Waals surface area contributed by atoms with Crippen molar-refractivity contribution in [1.82, 2.24) is 9.47 Å².